The fourth-order valence-corrected chi connectivity index (χ4v) is 12.0. The Morgan fingerprint density at radius 3 is 0.935 bits per heavy atom. The second kappa shape index (κ2) is 55.9. The van der Waals surface area contributed by atoms with E-state index in [2.05, 4.69) is 360 Å². The van der Waals surface area contributed by atoms with E-state index in [-0.39, 0.29) is 0 Å². The molecule has 5 aromatic heterocycles. The van der Waals surface area contributed by atoms with Crippen LogP contribution in [-0.2, 0) is 28.2 Å². The molecular weight excluding hydrogens is 1310 g/mol. The van der Waals surface area contributed by atoms with Crippen LogP contribution >= 0.6 is 0 Å². The van der Waals surface area contributed by atoms with Gasteiger partial charge in [-0.25, -0.2) is 18.3 Å². The lowest BCUT2D eigenvalue weighted by Crippen LogP contribution is -2.30. The van der Waals surface area contributed by atoms with Crippen LogP contribution in [0.4, 0.5) is 0 Å². The van der Waals surface area contributed by atoms with Crippen LogP contribution in [0.3, 0.4) is 0 Å². The van der Waals surface area contributed by atoms with Crippen molar-refractivity contribution in [1.29, 1.82) is 0 Å². The lowest BCUT2D eigenvalue weighted by Gasteiger charge is -2.06. The number of aromatic nitrogens is 8. The number of para-hydroxylation sites is 8. The normalized spacial score (nSPS) is 9.30. The van der Waals surface area contributed by atoms with Gasteiger partial charge in [-0.2, -0.15) is 18.1 Å². The Kier molecular flexibility index (Phi) is 50.5. The van der Waals surface area contributed by atoms with Crippen LogP contribution in [0.1, 0.15) is 188 Å². The molecule has 5 heterocycles. The van der Waals surface area contributed by atoms with Gasteiger partial charge in [0.25, 0.3) is 23.1 Å². The minimum atomic E-state index is 1.18. The van der Waals surface area contributed by atoms with Gasteiger partial charge < -0.3 is 0 Å². The van der Waals surface area contributed by atoms with E-state index >= 15 is 0 Å². The van der Waals surface area contributed by atoms with Gasteiger partial charge in [-0.1, -0.05) is 336 Å². The molecule has 0 atom stereocenters. The van der Waals surface area contributed by atoms with E-state index in [1.165, 1.54) is 123 Å². The zero-order valence-electron chi connectivity index (χ0n) is 73.1. The number of imidazole rings is 4. The molecule has 8 heteroatoms. The summed E-state index contributed by atoms with van der Waals surface area (Å²) in [4.78, 5) is 0. The molecule has 108 heavy (non-hydrogen) atoms. The molecule has 0 radical (unpaired) electrons. The second-order valence-electron chi connectivity index (χ2n) is 21.6. The molecule has 578 valence electrons. The number of nitrogens with zero attached hydrogens (tertiary/aromatic N) is 8. The average Bonchev–Trinajstić information content (AvgIpc) is 1.54. The zero-order chi connectivity index (χ0) is 81.8. The summed E-state index contributed by atoms with van der Waals surface area (Å²) in [6, 6.07) is 89.4. The molecule has 0 fully saturated rings. The molecule has 0 saturated carbocycles. The Labute approximate surface area is 657 Å². The molecule has 0 saturated heterocycles. The minimum Gasteiger partial charge on any atom is -0.232 e. The van der Waals surface area contributed by atoms with Gasteiger partial charge >= 0.3 is 0 Å². The van der Waals surface area contributed by atoms with Crippen LogP contribution in [0.15, 0.2) is 280 Å². The van der Waals surface area contributed by atoms with Crippen LogP contribution in [-0.4, -0.2) is 18.1 Å². The van der Waals surface area contributed by atoms with Gasteiger partial charge in [-0.15, -0.1) is 0 Å². The molecule has 0 N–H and O–H groups in total. The third-order valence-corrected chi connectivity index (χ3v) is 16.2. The fraction of sp³-hybridized carbons (Fsp3) is 0.320. The van der Waals surface area contributed by atoms with Crippen molar-refractivity contribution in [1.82, 2.24) is 18.1 Å². The fourth-order valence-electron chi connectivity index (χ4n) is 12.0. The van der Waals surface area contributed by atoms with Crippen molar-refractivity contribution in [3.8, 4) is 51.2 Å². The standard InChI is InChI=1S/C21H17N2.C21H19N2.2C17H17N2.12C2H6/c1-14-8-7-10-16-15-9-3-4-11-17(15)23-19-13-6-5-12-18(19)22(2)21(23)20(14)16;1-16-10-6-7-13-18(16)21-22(2)19-14-8-9-15-20(19)23(21)17-11-4-3-5-12-17;2*1-14-8-6-7-11-16(14)17-18(2)12-13-19(17)15-9-4-3-5-10-15;12*1-2/h3-13H,1-2H3;3-15H,1-2H3;2*3-13H,1-2H3;12*1-2H3/q4*+1;;;;;;;;;;;;. The maximum absolute atomic E-state index is 2.40. The topological polar surface area (TPSA) is 34.7 Å². The number of aryl methyl sites for hydroxylation is 8. The highest BCUT2D eigenvalue weighted by Crippen LogP contribution is 2.34. The molecule has 0 amide bonds. The van der Waals surface area contributed by atoms with Gasteiger partial charge in [0.2, 0.25) is 0 Å². The van der Waals surface area contributed by atoms with E-state index in [9.17, 15) is 0 Å². The Morgan fingerprint density at radius 1 is 0.241 bits per heavy atom. The Morgan fingerprint density at radius 2 is 0.537 bits per heavy atom. The van der Waals surface area contributed by atoms with E-state index in [0.717, 1.165) is 0 Å². The van der Waals surface area contributed by atoms with Crippen LogP contribution in [0.5, 0.6) is 0 Å². The lowest BCUT2D eigenvalue weighted by molar-refractivity contribution is -0.659. The first-order valence-electron chi connectivity index (χ1n) is 40.8. The minimum absolute atomic E-state index is 1.18. The predicted molar refractivity (Wildman–Crippen MR) is 481 cm³/mol. The third kappa shape index (κ3) is 24.3. The first kappa shape index (κ1) is 97.6. The number of hydrogen-bond donors (Lipinski definition) is 0. The molecule has 10 aromatic carbocycles. The second-order valence-corrected chi connectivity index (χ2v) is 21.6. The molecule has 8 nitrogen and oxygen atoms in total. The van der Waals surface area contributed by atoms with Gasteiger partial charge in [0, 0.05) is 10.8 Å². The zero-order valence-corrected chi connectivity index (χ0v) is 73.1. The summed E-state index contributed by atoms with van der Waals surface area (Å²) in [7, 11) is 8.48. The molecule has 15 rings (SSSR count). The van der Waals surface area contributed by atoms with Crippen molar-refractivity contribution < 1.29 is 18.3 Å². The molecule has 0 aliphatic carbocycles. The largest absolute Gasteiger partial charge is 0.295 e. The van der Waals surface area contributed by atoms with Gasteiger partial charge in [0.15, 0.2) is 22.1 Å². The number of pyridine rings is 1. The van der Waals surface area contributed by atoms with E-state index in [1.54, 1.807) is 0 Å². The molecule has 15 aromatic rings. The third-order valence-electron chi connectivity index (χ3n) is 16.2. The van der Waals surface area contributed by atoms with Crippen molar-refractivity contribution in [2.24, 2.45) is 28.2 Å². The lowest BCUT2D eigenvalue weighted by atomic mass is 10.0. The van der Waals surface area contributed by atoms with Crippen LogP contribution < -0.4 is 18.3 Å². The number of benzene rings is 10. The van der Waals surface area contributed by atoms with Crippen LogP contribution in [0.25, 0.3) is 101 Å². The van der Waals surface area contributed by atoms with Gasteiger partial charge in [0.05, 0.1) is 50.3 Å². The summed E-state index contributed by atoms with van der Waals surface area (Å²) < 4.78 is 18.1. The average molecular weight is 1460 g/mol. The highest BCUT2D eigenvalue weighted by Gasteiger charge is 2.28. The molecule has 0 aliphatic heterocycles. The first-order valence-corrected chi connectivity index (χ1v) is 40.8. The van der Waals surface area contributed by atoms with Crippen LogP contribution in [0, 0.1) is 27.7 Å². The summed E-state index contributed by atoms with van der Waals surface area (Å²) in [6.45, 7) is 56.7. The molecule has 0 spiro atoms. The Balaban J connectivity index is 0.00000129. The van der Waals surface area contributed by atoms with E-state index < -0.39 is 0 Å². The summed E-state index contributed by atoms with van der Waals surface area (Å²) in [5, 5.41) is 3.97. The van der Waals surface area contributed by atoms with Crippen molar-refractivity contribution in [3.63, 3.8) is 0 Å². The first-order chi connectivity index (χ1) is 53.1. The van der Waals surface area contributed by atoms with Crippen molar-refractivity contribution in [2.75, 3.05) is 0 Å². The summed E-state index contributed by atoms with van der Waals surface area (Å²) in [6.07, 6.45) is 8.40. The number of fused-ring (bicyclic) bond motifs is 9. The maximum atomic E-state index is 2.40. The van der Waals surface area contributed by atoms with Gasteiger partial charge in [-0.05, 0) is 135 Å². The highest BCUT2D eigenvalue weighted by molar-refractivity contribution is 6.13. The van der Waals surface area contributed by atoms with Crippen molar-refractivity contribution in [3.05, 3.63) is 302 Å². The summed E-state index contributed by atoms with van der Waals surface area (Å²) in [5.74, 6) is 3.60. The van der Waals surface area contributed by atoms with Gasteiger partial charge in [-0.3, -0.25) is 0 Å². The van der Waals surface area contributed by atoms with E-state index in [1.807, 2.05) is 178 Å². The number of rotatable bonds is 6. The Bertz CT molecular complexity index is 4690. The van der Waals surface area contributed by atoms with Gasteiger partial charge in [0.1, 0.15) is 47.4 Å². The predicted octanol–water partition coefficient (Wildman–Crippen LogP) is 27.8. The quantitative estimate of drug-likeness (QED) is 0.117. The highest BCUT2D eigenvalue weighted by atomic mass is 15.2. The SMILES string of the molecule is CC.CC.CC.CC.CC.CC.CC.CC.CC.CC.CC.CC.Cc1cccc2c3ccccc3n3c4ccccc4[n+](C)c3c12.Cc1ccccc1-c1n(-c2ccccc2)c2ccccc2[n+]1C.Cc1ccccc1-c1n(-c2ccccc2)cc[n+]1C.Cc1ccccc1-c1n(-c2ccccc2)cc[n+]1C. The van der Waals surface area contributed by atoms with E-state index in [4.69, 9.17) is 0 Å². The van der Waals surface area contributed by atoms with E-state index in [0.29, 0.717) is 0 Å². The Hall–Kier alpha value is -10.4. The molecule has 0 aliphatic rings. The van der Waals surface area contributed by atoms with Crippen LogP contribution in [0.2, 0.25) is 0 Å². The maximum Gasteiger partial charge on any atom is 0.295 e. The molecule has 0 unspecified atom stereocenters. The summed E-state index contributed by atoms with van der Waals surface area (Å²) in [5.41, 5.74) is 20.0. The molecule has 0 bridgehead atoms. The smallest absolute Gasteiger partial charge is 0.232 e. The van der Waals surface area contributed by atoms with Crippen molar-refractivity contribution >= 4 is 49.4 Å². The molecular formula is C100H142N8+4. The summed E-state index contributed by atoms with van der Waals surface area (Å²) >= 11 is 0. The number of hydrogen-bond acceptors (Lipinski definition) is 0. The monoisotopic (exact) mass is 1460 g/mol. The van der Waals surface area contributed by atoms with Crippen molar-refractivity contribution in [2.45, 2.75) is 194 Å².